The molecular weight excluding hydrogens is 403 g/mol. The molecule has 0 atom stereocenters. The molecule has 2 saturated heterocycles. The number of hydrogen-bond donors (Lipinski definition) is 0. The van der Waals surface area contributed by atoms with Crippen molar-refractivity contribution < 1.29 is 18.8 Å². The zero-order valence-corrected chi connectivity index (χ0v) is 21.3. The Labute approximate surface area is 189 Å². The summed E-state index contributed by atoms with van der Waals surface area (Å²) in [4.78, 5) is 0. The highest BCUT2D eigenvalue weighted by atomic mass is 28.3. The van der Waals surface area contributed by atoms with E-state index < -0.39 is 8.07 Å². The molecule has 3 aliphatic rings. The first-order valence-electron chi connectivity index (χ1n) is 11.9. The molecule has 2 aliphatic heterocycles. The van der Waals surface area contributed by atoms with Gasteiger partial charge in [0.05, 0.1) is 32.5 Å². The highest BCUT2D eigenvalue weighted by molar-refractivity contribution is 6.89. The summed E-state index contributed by atoms with van der Waals surface area (Å²) in [6.07, 6.45) is 4.92. The molecule has 0 bridgehead atoms. The van der Waals surface area contributed by atoms with Crippen LogP contribution in [0.1, 0.15) is 59.8 Å². The highest BCUT2D eigenvalue weighted by Gasteiger charge is 2.53. The molecule has 2 heterocycles. The average molecular weight is 442 g/mol. The normalized spacial score (nSPS) is 24.7. The van der Waals surface area contributed by atoms with Crippen molar-refractivity contribution in [1.82, 2.24) is 0 Å². The maximum Gasteiger partial charge on any atom is 0.490 e. The molecule has 6 heteroatoms. The summed E-state index contributed by atoms with van der Waals surface area (Å²) in [6.45, 7) is 15.0. The Kier molecular flexibility index (Phi) is 6.34. The zero-order chi connectivity index (χ0) is 22.3. The van der Waals surface area contributed by atoms with Gasteiger partial charge in [-0.1, -0.05) is 60.2 Å². The number of hydrogen-bond acceptors (Lipinski definition) is 4. The Morgan fingerprint density at radius 2 is 1.45 bits per heavy atom. The lowest BCUT2D eigenvalue weighted by molar-refractivity contribution is -0.171. The topological polar surface area (TPSA) is 36.9 Å². The van der Waals surface area contributed by atoms with E-state index in [4.69, 9.17) is 18.8 Å². The van der Waals surface area contributed by atoms with Crippen LogP contribution in [0.5, 0.6) is 0 Å². The van der Waals surface area contributed by atoms with Crippen molar-refractivity contribution in [2.24, 2.45) is 0 Å². The third kappa shape index (κ3) is 4.74. The second kappa shape index (κ2) is 8.45. The maximum atomic E-state index is 6.54. The molecule has 3 fully saturated rings. The smallest absolute Gasteiger partial charge is 0.400 e. The second-order valence-corrected chi connectivity index (χ2v) is 15.9. The van der Waals surface area contributed by atoms with Crippen LogP contribution in [0.3, 0.4) is 0 Å². The van der Waals surface area contributed by atoms with Crippen LogP contribution in [0.4, 0.5) is 0 Å². The van der Waals surface area contributed by atoms with Crippen molar-refractivity contribution in [2.75, 3.05) is 13.2 Å². The molecule has 1 aromatic carbocycles. The Bertz CT molecular complexity index is 784. The van der Waals surface area contributed by atoms with Gasteiger partial charge in [0.2, 0.25) is 0 Å². The summed E-state index contributed by atoms with van der Waals surface area (Å²) in [5.41, 5.74) is 2.25. The Morgan fingerprint density at radius 3 is 2.00 bits per heavy atom. The van der Waals surface area contributed by atoms with Crippen molar-refractivity contribution in [3.8, 4) is 0 Å². The van der Waals surface area contributed by atoms with E-state index in [0.717, 1.165) is 45.3 Å². The quantitative estimate of drug-likeness (QED) is 0.585. The standard InChI is InChI=1S/C25H39BO4Si/c1-23(2)24(3,4)30-26(29-23)22(14-19-31(5,6)21-10-8-7-9-11-21)20-12-15-25(16-13-20)27-17-18-28-25/h7-11H,12-19H2,1-6H3. The van der Waals surface area contributed by atoms with Gasteiger partial charge in [-0.3, -0.25) is 0 Å². The minimum atomic E-state index is -1.55. The minimum Gasteiger partial charge on any atom is -0.400 e. The Morgan fingerprint density at radius 1 is 0.903 bits per heavy atom. The first-order valence-corrected chi connectivity index (χ1v) is 15.1. The van der Waals surface area contributed by atoms with E-state index in [0.29, 0.717) is 0 Å². The lowest BCUT2D eigenvalue weighted by Crippen LogP contribution is -2.41. The van der Waals surface area contributed by atoms with Gasteiger partial charge in [0.1, 0.15) is 0 Å². The third-order valence-corrected chi connectivity index (χ3v) is 11.4. The fourth-order valence-electron chi connectivity index (χ4n) is 4.97. The first-order chi connectivity index (χ1) is 14.5. The maximum absolute atomic E-state index is 6.54. The van der Waals surface area contributed by atoms with Crippen LogP contribution in [0.2, 0.25) is 19.1 Å². The van der Waals surface area contributed by atoms with Crippen LogP contribution in [0.25, 0.3) is 0 Å². The van der Waals surface area contributed by atoms with E-state index in [9.17, 15) is 0 Å². The van der Waals surface area contributed by atoms with Gasteiger partial charge >= 0.3 is 7.12 Å². The van der Waals surface area contributed by atoms with Crippen LogP contribution >= 0.6 is 0 Å². The van der Waals surface area contributed by atoms with E-state index in [1.165, 1.54) is 22.3 Å². The van der Waals surface area contributed by atoms with E-state index >= 15 is 0 Å². The van der Waals surface area contributed by atoms with Gasteiger partial charge < -0.3 is 18.8 Å². The predicted molar refractivity (Wildman–Crippen MR) is 129 cm³/mol. The summed E-state index contributed by atoms with van der Waals surface area (Å²) in [7, 11) is -1.80. The molecule has 0 radical (unpaired) electrons. The molecule has 0 unspecified atom stereocenters. The summed E-state index contributed by atoms with van der Waals surface area (Å²) in [5.74, 6) is -0.345. The van der Waals surface area contributed by atoms with Gasteiger partial charge in [0.15, 0.2) is 5.79 Å². The third-order valence-electron chi connectivity index (χ3n) is 8.00. The Hall–Kier alpha value is -0.918. The van der Waals surface area contributed by atoms with Gasteiger partial charge in [-0.05, 0) is 52.4 Å². The molecule has 1 aromatic rings. The average Bonchev–Trinajstić information content (AvgIpc) is 3.25. The molecular formula is C25H39BO4Si. The van der Waals surface area contributed by atoms with Crippen LogP contribution < -0.4 is 5.19 Å². The van der Waals surface area contributed by atoms with Gasteiger partial charge in [0.25, 0.3) is 0 Å². The molecule has 4 rings (SSSR count). The molecule has 0 amide bonds. The second-order valence-electron chi connectivity index (χ2n) is 11.1. The molecule has 0 N–H and O–H groups in total. The number of rotatable bonds is 5. The lowest BCUT2D eigenvalue weighted by Gasteiger charge is -2.34. The minimum absolute atomic E-state index is 0.250. The van der Waals surface area contributed by atoms with Gasteiger partial charge in [-0.25, -0.2) is 0 Å². The number of allylic oxidation sites excluding steroid dienone is 2. The summed E-state index contributed by atoms with van der Waals surface area (Å²) < 4.78 is 25.0. The van der Waals surface area contributed by atoms with Crippen LogP contribution in [-0.2, 0) is 18.8 Å². The molecule has 170 valence electrons. The first kappa shape index (κ1) is 23.2. The Balaban J connectivity index is 1.56. The summed E-state index contributed by atoms with van der Waals surface area (Å²) >= 11 is 0. The van der Waals surface area contributed by atoms with E-state index in [-0.39, 0.29) is 24.1 Å². The van der Waals surface area contributed by atoms with Crippen molar-refractivity contribution in [2.45, 2.75) is 95.9 Å². The van der Waals surface area contributed by atoms with E-state index in [1.54, 1.807) is 0 Å². The molecule has 1 aliphatic carbocycles. The molecule has 1 saturated carbocycles. The van der Waals surface area contributed by atoms with Crippen molar-refractivity contribution in [3.63, 3.8) is 0 Å². The SMILES string of the molecule is CC1(C)OB(C(CC[Si](C)(C)c2ccccc2)=C2CCC3(CC2)OCCO3)OC1(C)C. The molecule has 0 aromatic heterocycles. The lowest BCUT2D eigenvalue weighted by atomic mass is 9.70. The van der Waals surface area contributed by atoms with Crippen LogP contribution in [-0.4, -0.2) is 45.4 Å². The largest absolute Gasteiger partial charge is 0.490 e. The van der Waals surface area contributed by atoms with Gasteiger partial charge in [-0.2, -0.15) is 0 Å². The molecule has 31 heavy (non-hydrogen) atoms. The fourth-order valence-corrected chi connectivity index (χ4v) is 7.24. The highest BCUT2D eigenvalue weighted by Crippen LogP contribution is 2.44. The summed E-state index contributed by atoms with van der Waals surface area (Å²) in [5, 5.41) is 1.52. The van der Waals surface area contributed by atoms with Gasteiger partial charge in [-0.15, -0.1) is 0 Å². The van der Waals surface area contributed by atoms with Crippen LogP contribution in [0.15, 0.2) is 41.4 Å². The van der Waals surface area contributed by atoms with Crippen molar-refractivity contribution >= 4 is 20.4 Å². The predicted octanol–water partition coefficient (Wildman–Crippen LogP) is 5.24. The molecule has 4 nitrogen and oxygen atoms in total. The fraction of sp³-hybridized carbons (Fsp3) is 0.680. The molecule has 1 spiro atoms. The number of benzene rings is 1. The van der Waals surface area contributed by atoms with Crippen molar-refractivity contribution in [3.05, 3.63) is 41.4 Å². The summed E-state index contributed by atoms with van der Waals surface area (Å²) in [6, 6.07) is 12.2. The monoisotopic (exact) mass is 442 g/mol. The number of ether oxygens (including phenoxy) is 2. The zero-order valence-electron chi connectivity index (χ0n) is 20.3. The van der Waals surface area contributed by atoms with Crippen LogP contribution in [0, 0.1) is 0 Å². The van der Waals surface area contributed by atoms with E-state index in [1.807, 2.05) is 0 Å². The van der Waals surface area contributed by atoms with Crippen molar-refractivity contribution in [1.29, 1.82) is 0 Å². The van der Waals surface area contributed by atoms with E-state index in [2.05, 4.69) is 71.1 Å². The van der Waals surface area contributed by atoms with Gasteiger partial charge in [0, 0.05) is 12.8 Å².